The molecule has 0 saturated heterocycles. The van der Waals surface area contributed by atoms with Gasteiger partial charge in [-0.25, -0.2) is 4.79 Å². The van der Waals surface area contributed by atoms with Crippen LogP contribution in [-0.2, 0) is 0 Å². The molecular weight excluding hydrogens is 248 g/mol. The highest BCUT2D eigenvalue weighted by Crippen LogP contribution is 2.17. The number of nitrogens with one attached hydrogen (secondary N) is 1. The van der Waals surface area contributed by atoms with Crippen LogP contribution < -0.4 is 5.32 Å². The molecule has 0 aliphatic heterocycles. The standard InChI is InChI=1S/C13H22N2O2S/c1-3-5-15(6-7-16)13(17)14-9-11(2)12-4-8-18-10-12/h4,8,10-11,16H,3,5-7,9H2,1-2H3,(H,14,17). The number of aliphatic hydroxyl groups is 1. The fourth-order valence-electron chi connectivity index (χ4n) is 1.73. The Kier molecular flexibility index (Phi) is 6.75. The summed E-state index contributed by atoms with van der Waals surface area (Å²) in [6, 6.07) is 1.99. The second-order valence-electron chi connectivity index (χ2n) is 4.35. The summed E-state index contributed by atoms with van der Waals surface area (Å²) in [6.07, 6.45) is 0.896. The smallest absolute Gasteiger partial charge is 0.317 e. The molecule has 1 atom stereocenters. The molecule has 0 spiro atoms. The van der Waals surface area contributed by atoms with Gasteiger partial charge >= 0.3 is 6.03 Å². The van der Waals surface area contributed by atoms with Crippen molar-refractivity contribution in [1.29, 1.82) is 0 Å². The minimum absolute atomic E-state index is 0.00744. The number of urea groups is 1. The molecule has 1 aromatic rings. The quantitative estimate of drug-likeness (QED) is 0.798. The summed E-state index contributed by atoms with van der Waals surface area (Å²) in [5, 5.41) is 16.0. The molecule has 4 nitrogen and oxygen atoms in total. The van der Waals surface area contributed by atoms with Crippen LogP contribution in [0.5, 0.6) is 0 Å². The van der Waals surface area contributed by atoms with Gasteiger partial charge in [-0.05, 0) is 34.7 Å². The number of hydrogen-bond acceptors (Lipinski definition) is 3. The van der Waals surface area contributed by atoms with E-state index >= 15 is 0 Å². The number of aliphatic hydroxyl groups excluding tert-OH is 1. The number of amides is 2. The molecule has 0 aliphatic carbocycles. The number of hydrogen-bond donors (Lipinski definition) is 2. The van der Waals surface area contributed by atoms with Crippen molar-refractivity contribution >= 4 is 17.4 Å². The second-order valence-corrected chi connectivity index (χ2v) is 5.13. The molecule has 0 bridgehead atoms. The molecule has 18 heavy (non-hydrogen) atoms. The normalized spacial score (nSPS) is 12.2. The highest BCUT2D eigenvalue weighted by Gasteiger charge is 2.13. The van der Waals surface area contributed by atoms with Gasteiger partial charge in [0, 0.05) is 19.6 Å². The molecule has 1 unspecified atom stereocenters. The zero-order valence-corrected chi connectivity index (χ0v) is 11.9. The molecule has 0 saturated carbocycles. The first kappa shape index (κ1) is 15.0. The molecule has 0 aliphatic rings. The van der Waals surface area contributed by atoms with Crippen molar-refractivity contribution in [2.24, 2.45) is 0 Å². The molecule has 1 aromatic heterocycles. The largest absolute Gasteiger partial charge is 0.395 e. The fraction of sp³-hybridized carbons (Fsp3) is 0.615. The van der Waals surface area contributed by atoms with Crippen LogP contribution in [0.1, 0.15) is 31.7 Å². The van der Waals surface area contributed by atoms with E-state index in [1.165, 1.54) is 5.56 Å². The lowest BCUT2D eigenvalue weighted by atomic mass is 10.1. The van der Waals surface area contributed by atoms with Crippen molar-refractivity contribution in [3.63, 3.8) is 0 Å². The van der Waals surface area contributed by atoms with Crippen molar-refractivity contribution < 1.29 is 9.90 Å². The van der Waals surface area contributed by atoms with Gasteiger partial charge in [0.15, 0.2) is 0 Å². The SMILES string of the molecule is CCCN(CCO)C(=O)NCC(C)c1ccsc1. The van der Waals surface area contributed by atoms with Gasteiger partial charge in [-0.3, -0.25) is 0 Å². The van der Waals surface area contributed by atoms with Gasteiger partial charge in [-0.1, -0.05) is 13.8 Å². The first-order valence-electron chi connectivity index (χ1n) is 6.34. The molecule has 0 fully saturated rings. The topological polar surface area (TPSA) is 52.6 Å². The van der Waals surface area contributed by atoms with E-state index in [9.17, 15) is 4.79 Å². The summed E-state index contributed by atoms with van der Waals surface area (Å²) in [6.45, 7) is 5.82. The van der Waals surface area contributed by atoms with Gasteiger partial charge in [0.1, 0.15) is 0 Å². The van der Waals surface area contributed by atoms with E-state index in [0.29, 0.717) is 25.6 Å². The van der Waals surface area contributed by atoms with Gasteiger partial charge < -0.3 is 15.3 Å². The molecule has 0 aromatic carbocycles. The van der Waals surface area contributed by atoms with Crippen LogP contribution in [0.25, 0.3) is 0 Å². The van der Waals surface area contributed by atoms with Gasteiger partial charge in [0.2, 0.25) is 0 Å². The van der Waals surface area contributed by atoms with Crippen LogP contribution in [0.2, 0.25) is 0 Å². The summed E-state index contributed by atoms with van der Waals surface area (Å²) in [5.74, 6) is 0.317. The minimum atomic E-state index is -0.0898. The van der Waals surface area contributed by atoms with E-state index in [-0.39, 0.29) is 12.6 Å². The van der Waals surface area contributed by atoms with Crippen molar-refractivity contribution in [3.8, 4) is 0 Å². The predicted molar refractivity (Wildman–Crippen MR) is 75.1 cm³/mol. The average molecular weight is 270 g/mol. The van der Waals surface area contributed by atoms with Crippen molar-refractivity contribution in [1.82, 2.24) is 10.2 Å². The van der Waals surface area contributed by atoms with Gasteiger partial charge in [0.25, 0.3) is 0 Å². The monoisotopic (exact) mass is 270 g/mol. The maximum atomic E-state index is 11.9. The summed E-state index contributed by atoms with van der Waals surface area (Å²) >= 11 is 1.67. The third-order valence-corrected chi connectivity index (χ3v) is 3.52. The highest BCUT2D eigenvalue weighted by atomic mass is 32.1. The Hall–Kier alpha value is -1.07. The maximum Gasteiger partial charge on any atom is 0.317 e. The molecule has 1 rings (SSSR count). The zero-order chi connectivity index (χ0) is 13.4. The Bertz CT molecular complexity index is 335. The highest BCUT2D eigenvalue weighted by molar-refractivity contribution is 7.07. The lowest BCUT2D eigenvalue weighted by Crippen LogP contribution is -2.43. The molecule has 0 radical (unpaired) electrons. The van der Waals surface area contributed by atoms with E-state index in [4.69, 9.17) is 5.11 Å². The van der Waals surface area contributed by atoms with Crippen molar-refractivity contribution in [3.05, 3.63) is 22.4 Å². The van der Waals surface area contributed by atoms with Gasteiger partial charge in [0.05, 0.1) is 6.61 Å². The van der Waals surface area contributed by atoms with Crippen LogP contribution >= 0.6 is 11.3 Å². The first-order valence-corrected chi connectivity index (χ1v) is 7.29. The second kappa shape index (κ2) is 8.11. The summed E-state index contributed by atoms with van der Waals surface area (Å²) in [4.78, 5) is 13.6. The molecular formula is C13H22N2O2S. The third kappa shape index (κ3) is 4.66. The molecule has 5 heteroatoms. The number of rotatable bonds is 7. The lowest BCUT2D eigenvalue weighted by molar-refractivity contribution is 0.177. The number of carbonyl (C=O) groups is 1. The van der Waals surface area contributed by atoms with Crippen LogP contribution in [-0.4, -0.2) is 42.3 Å². The Morgan fingerprint density at radius 2 is 2.33 bits per heavy atom. The Balaban J connectivity index is 2.39. The number of thiophene rings is 1. The lowest BCUT2D eigenvalue weighted by Gasteiger charge is -2.22. The molecule has 2 amide bonds. The molecule has 1 heterocycles. The summed E-state index contributed by atoms with van der Waals surface area (Å²) in [7, 11) is 0. The predicted octanol–water partition coefficient (Wildman–Crippen LogP) is 2.27. The molecule has 102 valence electrons. The van der Waals surface area contributed by atoms with Crippen LogP contribution in [0.15, 0.2) is 16.8 Å². The Morgan fingerprint density at radius 1 is 1.56 bits per heavy atom. The zero-order valence-electron chi connectivity index (χ0n) is 11.1. The minimum Gasteiger partial charge on any atom is -0.395 e. The summed E-state index contributed by atoms with van der Waals surface area (Å²) < 4.78 is 0. The van der Waals surface area contributed by atoms with E-state index in [2.05, 4.69) is 23.7 Å². The van der Waals surface area contributed by atoms with Crippen LogP contribution in [0, 0.1) is 0 Å². The third-order valence-electron chi connectivity index (χ3n) is 2.82. The van der Waals surface area contributed by atoms with Gasteiger partial charge in [-0.2, -0.15) is 11.3 Å². The average Bonchev–Trinajstić information content (AvgIpc) is 2.89. The Labute approximate surface area is 113 Å². The van der Waals surface area contributed by atoms with Crippen molar-refractivity contribution in [2.75, 3.05) is 26.2 Å². The number of nitrogens with zero attached hydrogens (tertiary/aromatic N) is 1. The van der Waals surface area contributed by atoms with E-state index < -0.39 is 0 Å². The van der Waals surface area contributed by atoms with Crippen molar-refractivity contribution in [2.45, 2.75) is 26.2 Å². The maximum absolute atomic E-state index is 11.9. The number of carbonyl (C=O) groups excluding carboxylic acids is 1. The fourth-order valence-corrected chi connectivity index (χ4v) is 2.51. The summed E-state index contributed by atoms with van der Waals surface area (Å²) in [5.41, 5.74) is 1.25. The Morgan fingerprint density at radius 3 is 2.89 bits per heavy atom. The van der Waals surface area contributed by atoms with Gasteiger partial charge in [-0.15, -0.1) is 0 Å². The van der Waals surface area contributed by atoms with E-state index in [1.807, 2.05) is 12.3 Å². The first-order chi connectivity index (χ1) is 8.69. The van der Waals surface area contributed by atoms with E-state index in [1.54, 1.807) is 16.2 Å². The van der Waals surface area contributed by atoms with Crippen LogP contribution in [0.4, 0.5) is 4.79 Å². The van der Waals surface area contributed by atoms with E-state index in [0.717, 1.165) is 6.42 Å². The molecule has 2 N–H and O–H groups in total. The van der Waals surface area contributed by atoms with Crippen LogP contribution in [0.3, 0.4) is 0 Å².